The number of nitrogens with one attached hydrogen (secondary N) is 1. The maximum absolute atomic E-state index is 13.4. The van der Waals surface area contributed by atoms with Gasteiger partial charge in [-0.2, -0.15) is 0 Å². The first-order valence-electron chi connectivity index (χ1n) is 4.39. The van der Waals surface area contributed by atoms with Crippen LogP contribution >= 0.6 is 0 Å². The van der Waals surface area contributed by atoms with Crippen molar-refractivity contribution in [1.29, 1.82) is 0 Å². The van der Waals surface area contributed by atoms with E-state index in [0.717, 1.165) is 6.07 Å². The summed E-state index contributed by atoms with van der Waals surface area (Å²) in [5, 5.41) is 19.7. The van der Waals surface area contributed by atoms with Crippen molar-refractivity contribution in [2.75, 3.05) is 18.5 Å². The average Bonchev–Trinajstić information content (AvgIpc) is 2.20. The Balaban J connectivity index is 2.80. The van der Waals surface area contributed by atoms with Gasteiger partial charge in [-0.05, 0) is 12.5 Å². The van der Waals surface area contributed by atoms with E-state index in [1.165, 1.54) is 6.20 Å². The highest BCUT2D eigenvalue weighted by atomic mass is 19.1. The molecule has 1 rings (SSSR count). The van der Waals surface area contributed by atoms with Crippen molar-refractivity contribution < 1.29 is 19.4 Å². The highest BCUT2D eigenvalue weighted by molar-refractivity contribution is 5.88. The maximum atomic E-state index is 13.4. The minimum atomic E-state index is -1.33. The summed E-state index contributed by atoms with van der Waals surface area (Å²) in [5.74, 6) is -2.33. The van der Waals surface area contributed by atoms with Gasteiger partial charge in [0.05, 0.1) is 0 Å². The minimum Gasteiger partial charge on any atom is -0.478 e. The van der Waals surface area contributed by atoms with Crippen molar-refractivity contribution >= 4 is 11.8 Å². The Morgan fingerprint density at radius 3 is 2.93 bits per heavy atom. The van der Waals surface area contributed by atoms with E-state index in [4.69, 9.17) is 10.2 Å². The van der Waals surface area contributed by atoms with E-state index in [1.807, 2.05) is 0 Å². The lowest BCUT2D eigenvalue weighted by Gasteiger charge is -2.06. The number of hydrogen-bond acceptors (Lipinski definition) is 4. The van der Waals surface area contributed by atoms with E-state index in [2.05, 4.69) is 10.3 Å². The normalized spacial score (nSPS) is 10.0. The lowest BCUT2D eigenvalue weighted by molar-refractivity contribution is 0.0692. The van der Waals surface area contributed by atoms with E-state index < -0.39 is 17.3 Å². The summed E-state index contributed by atoms with van der Waals surface area (Å²) >= 11 is 0. The van der Waals surface area contributed by atoms with Crippen LogP contribution in [0, 0.1) is 5.82 Å². The molecule has 0 aliphatic rings. The number of pyridine rings is 1. The van der Waals surface area contributed by atoms with Crippen LogP contribution in [-0.4, -0.2) is 34.3 Å². The number of rotatable bonds is 5. The molecule has 0 aliphatic carbocycles. The Bertz CT molecular complexity index is 357. The van der Waals surface area contributed by atoms with Crippen LogP contribution in [0.1, 0.15) is 16.8 Å². The number of aliphatic hydroxyl groups excluding tert-OH is 1. The van der Waals surface area contributed by atoms with Crippen LogP contribution in [0.2, 0.25) is 0 Å². The van der Waals surface area contributed by atoms with Crippen molar-refractivity contribution in [1.82, 2.24) is 4.98 Å². The topological polar surface area (TPSA) is 82.5 Å². The van der Waals surface area contributed by atoms with E-state index in [9.17, 15) is 9.18 Å². The third kappa shape index (κ3) is 2.88. The summed E-state index contributed by atoms with van der Waals surface area (Å²) in [6.07, 6.45) is 1.66. The van der Waals surface area contributed by atoms with Crippen LogP contribution in [0.15, 0.2) is 12.3 Å². The van der Waals surface area contributed by atoms with Gasteiger partial charge >= 0.3 is 5.97 Å². The molecule has 15 heavy (non-hydrogen) atoms. The first-order chi connectivity index (χ1) is 7.16. The number of hydrogen-bond donors (Lipinski definition) is 3. The van der Waals surface area contributed by atoms with Crippen molar-refractivity contribution in [2.45, 2.75) is 6.42 Å². The molecular formula is C9H11FN2O3. The summed E-state index contributed by atoms with van der Waals surface area (Å²) in [7, 11) is 0. The number of nitrogens with zero attached hydrogens (tertiary/aromatic N) is 1. The summed E-state index contributed by atoms with van der Waals surface area (Å²) in [5.41, 5.74) is -0.420. The lowest BCUT2D eigenvalue weighted by atomic mass is 10.2. The molecule has 0 aliphatic heterocycles. The van der Waals surface area contributed by atoms with Gasteiger partial charge in [0.15, 0.2) is 11.6 Å². The first kappa shape index (κ1) is 11.4. The molecule has 1 aromatic rings. The standard InChI is InChI=1S/C9H11FN2O3/c10-7-6(9(14)15)2-4-12-8(7)11-3-1-5-13/h2,4,13H,1,3,5H2,(H,11,12)(H,14,15). The number of carboxylic acid groups (broad SMARTS) is 1. The fourth-order valence-electron chi connectivity index (χ4n) is 1.02. The smallest absolute Gasteiger partial charge is 0.338 e. The molecule has 0 aromatic carbocycles. The molecule has 5 nitrogen and oxygen atoms in total. The van der Waals surface area contributed by atoms with Crippen molar-refractivity contribution in [2.24, 2.45) is 0 Å². The van der Waals surface area contributed by atoms with Gasteiger partial charge < -0.3 is 15.5 Å². The van der Waals surface area contributed by atoms with Gasteiger partial charge in [-0.1, -0.05) is 0 Å². The van der Waals surface area contributed by atoms with Crippen LogP contribution in [0.3, 0.4) is 0 Å². The molecule has 82 valence electrons. The molecule has 0 amide bonds. The van der Waals surface area contributed by atoms with Crippen molar-refractivity contribution in [3.05, 3.63) is 23.6 Å². The molecule has 1 aromatic heterocycles. The highest BCUT2D eigenvalue weighted by Gasteiger charge is 2.14. The zero-order chi connectivity index (χ0) is 11.3. The monoisotopic (exact) mass is 214 g/mol. The molecule has 0 saturated heterocycles. The number of anilines is 1. The van der Waals surface area contributed by atoms with Gasteiger partial charge in [0.25, 0.3) is 0 Å². The van der Waals surface area contributed by atoms with Crippen LogP contribution in [0.5, 0.6) is 0 Å². The molecule has 0 bridgehead atoms. The third-order valence-corrected chi connectivity index (χ3v) is 1.75. The molecule has 0 atom stereocenters. The number of carboxylic acids is 1. The van der Waals surface area contributed by atoms with Gasteiger partial charge in [-0.25, -0.2) is 14.2 Å². The predicted octanol–water partition coefficient (Wildman–Crippen LogP) is 0.713. The van der Waals surface area contributed by atoms with Crippen LogP contribution in [0.4, 0.5) is 10.2 Å². The molecule has 0 unspecified atom stereocenters. The number of aliphatic hydroxyl groups is 1. The minimum absolute atomic E-state index is 0.0206. The summed E-state index contributed by atoms with van der Waals surface area (Å²) in [6, 6.07) is 1.09. The second-order valence-electron chi connectivity index (χ2n) is 2.83. The van der Waals surface area contributed by atoms with Gasteiger partial charge in [0, 0.05) is 19.3 Å². The number of aromatic nitrogens is 1. The second kappa shape index (κ2) is 5.26. The van der Waals surface area contributed by atoms with Crippen molar-refractivity contribution in [3.8, 4) is 0 Å². The molecule has 6 heteroatoms. The van der Waals surface area contributed by atoms with Gasteiger partial charge in [0.2, 0.25) is 0 Å². The van der Waals surface area contributed by atoms with Gasteiger partial charge in [-0.3, -0.25) is 0 Å². The number of halogens is 1. The van der Waals surface area contributed by atoms with Gasteiger partial charge in [-0.15, -0.1) is 0 Å². The zero-order valence-electron chi connectivity index (χ0n) is 7.90. The Labute approximate surface area is 85.6 Å². The number of carbonyl (C=O) groups is 1. The molecular weight excluding hydrogens is 203 g/mol. The maximum Gasteiger partial charge on any atom is 0.338 e. The quantitative estimate of drug-likeness (QED) is 0.629. The second-order valence-corrected chi connectivity index (χ2v) is 2.83. The van der Waals surface area contributed by atoms with E-state index >= 15 is 0 Å². The SMILES string of the molecule is O=C(O)c1ccnc(NCCCO)c1F. The van der Waals surface area contributed by atoms with Crippen LogP contribution < -0.4 is 5.32 Å². The van der Waals surface area contributed by atoms with E-state index in [0.29, 0.717) is 13.0 Å². The van der Waals surface area contributed by atoms with Gasteiger partial charge in [0.1, 0.15) is 5.56 Å². The fraction of sp³-hybridized carbons (Fsp3) is 0.333. The van der Waals surface area contributed by atoms with Crippen LogP contribution in [0.25, 0.3) is 0 Å². The Morgan fingerprint density at radius 2 is 2.33 bits per heavy atom. The summed E-state index contributed by atoms with van der Waals surface area (Å²) < 4.78 is 13.4. The molecule has 1 heterocycles. The zero-order valence-corrected chi connectivity index (χ0v) is 7.90. The average molecular weight is 214 g/mol. The lowest BCUT2D eigenvalue weighted by Crippen LogP contribution is -2.10. The largest absolute Gasteiger partial charge is 0.478 e. The number of aromatic carboxylic acids is 1. The summed E-state index contributed by atoms with van der Waals surface area (Å²) in [6.45, 7) is 0.316. The molecule has 0 fully saturated rings. The van der Waals surface area contributed by atoms with Crippen LogP contribution in [-0.2, 0) is 0 Å². The Hall–Kier alpha value is -1.69. The Kier molecular flexibility index (Phi) is 3.99. The molecule has 0 spiro atoms. The van der Waals surface area contributed by atoms with E-state index in [1.54, 1.807) is 0 Å². The molecule has 0 radical (unpaired) electrons. The third-order valence-electron chi connectivity index (χ3n) is 1.75. The highest BCUT2D eigenvalue weighted by Crippen LogP contribution is 2.14. The first-order valence-corrected chi connectivity index (χ1v) is 4.39. The fourth-order valence-corrected chi connectivity index (χ4v) is 1.02. The Morgan fingerprint density at radius 1 is 1.60 bits per heavy atom. The molecule has 0 saturated carbocycles. The molecule has 3 N–H and O–H groups in total. The van der Waals surface area contributed by atoms with Crippen molar-refractivity contribution in [3.63, 3.8) is 0 Å². The predicted molar refractivity (Wildman–Crippen MR) is 51.3 cm³/mol. The summed E-state index contributed by atoms with van der Waals surface area (Å²) in [4.78, 5) is 14.2. The van der Waals surface area contributed by atoms with E-state index in [-0.39, 0.29) is 12.4 Å².